The molecular weight excluding hydrogens is 500 g/mol. The van der Waals surface area contributed by atoms with Crippen molar-refractivity contribution in [1.29, 1.82) is 0 Å². The van der Waals surface area contributed by atoms with Gasteiger partial charge in [-0.3, -0.25) is 4.79 Å². The molecule has 0 spiro atoms. The van der Waals surface area contributed by atoms with Gasteiger partial charge in [-0.05, 0) is 54.3 Å². The Balaban J connectivity index is 2.00. The molecule has 0 radical (unpaired) electrons. The third-order valence-corrected chi connectivity index (χ3v) is 5.30. The molecule has 0 unspecified atom stereocenters. The summed E-state index contributed by atoms with van der Waals surface area (Å²) in [4.78, 5) is 12.1. The predicted molar refractivity (Wildman–Crippen MR) is 123 cm³/mol. The van der Waals surface area contributed by atoms with Gasteiger partial charge in [-0.2, -0.15) is 5.10 Å². The number of ether oxygens (including phenoxy) is 2. The summed E-state index contributed by atoms with van der Waals surface area (Å²) in [7, 11) is 0. The molecule has 0 saturated heterocycles. The van der Waals surface area contributed by atoms with E-state index < -0.39 is 0 Å². The van der Waals surface area contributed by atoms with Crippen LogP contribution in [0.1, 0.15) is 36.5 Å². The van der Waals surface area contributed by atoms with E-state index in [1.165, 1.54) is 6.21 Å². The van der Waals surface area contributed by atoms with Crippen LogP contribution in [0, 0.1) is 19.3 Å². The quantitative estimate of drug-likeness (QED) is 0.295. The van der Waals surface area contributed by atoms with Gasteiger partial charge in [0, 0.05) is 14.5 Å². The highest BCUT2D eigenvalue weighted by Crippen LogP contribution is 2.32. The van der Waals surface area contributed by atoms with Crippen molar-refractivity contribution in [3.8, 4) is 23.8 Å². The molecule has 0 aliphatic heterocycles. The lowest BCUT2D eigenvalue weighted by Crippen LogP contribution is -2.25. The Hall–Kier alpha value is -2.30. The summed E-state index contributed by atoms with van der Waals surface area (Å²) in [6.07, 6.45) is 6.73. The molecule has 5 nitrogen and oxygen atoms in total. The third-order valence-electron chi connectivity index (χ3n) is 3.95. The van der Waals surface area contributed by atoms with Crippen molar-refractivity contribution in [1.82, 2.24) is 5.43 Å². The molecule has 0 bridgehead atoms. The summed E-state index contributed by atoms with van der Waals surface area (Å²) < 4.78 is 13.1. The van der Waals surface area contributed by atoms with Crippen molar-refractivity contribution in [3.63, 3.8) is 0 Å². The van der Waals surface area contributed by atoms with E-state index in [1.54, 1.807) is 6.07 Å². The van der Waals surface area contributed by atoms with E-state index in [0.717, 1.165) is 20.1 Å². The van der Waals surface area contributed by atoms with Gasteiger partial charge >= 0.3 is 0 Å². The van der Waals surface area contributed by atoms with Crippen LogP contribution in [0.3, 0.4) is 0 Å². The topological polar surface area (TPSA) is 59.9 Å². The Morgan fingerprint density at radius 3 is 2.69 bits per heavy atom. The first kappa shape index (κ1) is 23.0. The lowest BCUT2D eigenvalue weighted by molar-refractivity contribution is -0.123. The molecule has 7 heteroatoms. The fourth-order valence-corrected chi connectivity index (χ4v) is 3.21. The number of carbonyl (C=O) groups excluding carboxylic acids is 1. The first-order chi connectivity index (χ1) is 13.8. The van der Waals surface area contributed by atoms with Crippen molar-refractivity contribution < 1.29 is 14.3 Å². The van der Waals surface area contributed by atoms with Crippen molar-refractivity contribution in [3.05, 3.63) is 56.0 Å². The number of rotatable bonds is 8. The number of amides is 1. The first-order valence-electron chi connectivity index (χ1n) is 8.92. The third kappa shape index (κ3) is 6.91. The number of halogens is 2. The van der Waals surface area contributed by atoms with E-state index in [2.05, 4.69) is 62.2 Å². The van der Waals surface area contributed by atoms with Crippen LogP contribution >= 0.6 is 31.9 Å². The molecule has 0 aliphatic rings. The molecule has 2 aromatic carbocycles. The summed E-state index contributed by atoms with van der Waals surface area (Å²) in [6, 6.07) is 9.37. The monoisotopic (exact) mass is 520 g/mol. The summed E-state index contributed by atoms with van der Waals surface area (Å²) in [5.41, 5.74) is 5.22. The van der Waals surface area contributed by atoms with Crippen LogP contribution in [0.5, 0.6) is 11.5 Å². The summed E-state index contributed by atoms with van der Waals surface area (Å²) in [6.45, 7) is 6.13. The molecule has 2 rings (SSSR count). The maximum atomic E-state index is 12.1. The van der Waals surface area contributed by atoms with Gasteiger partial charge in [0.25, 0.3) is 5.91 Å². The highest BCUT2D eigenvalue weighted by molar-refractivity contribution is 9.10. The van der Waals surface area contributed by atoms with Crippen molar-refractivity contribution in [2.24, 2.45) is 5.10 Å². The van der Waals surface area contributed by atoms with Gasteiger partial charge in [-0.25, -0.2) is 5.43 Å². The number of benzene rings is 2. The van der Waals surface area contributed by atoms with Gasteiger partial charge in [0.05, 0.1) is 6.21 Å². The van der Waals surface area contributed by atoms with E-state index in [4.69, 9.17) is 15.9 Å². The molecule has 29 heavy (non-hydrogen) atoms. The summed E-state index contributed by atoms with van der Waals surface area (Å²) >= 11 is 6.93. The van der Waals surface area contributed by atoms with Crippen LogP contribution < -0.4 is 14.9 Å². The van der Waals surface area contributed by atoms with E-state index in [0.29, 0.717) is 17.1 Å². The number of aryl methyl sites for hydroxylation is 1. The highest BCUT2D eigenvalue weighted by atomic mass is 79.9. The predicted octanol–water partition coefficient (Wildman–Crippen LogP) is 5.18. The Bertz CT molecular complexity index is 950. The van der Waals surface area contributed by atoms with Gasteiger partial charge in [-0.15, -0.1) is 6.42 Å². The van der Waals surface area contributed by atoms with Crippen molar-refractivity contribution in [2.45, 2.75) is 26.7 Å². The summed E-state index contributed by atoms with van der Waals surface area (Å²) in [5.74, 6) is 3.59. The molecule has 0 aliphatic carbocycles. The molecule has 0 fully saturated rings. The minimum atomic E-state index is -0.363. The van der Waals surface area contributed by atoms with Crippen LogP contribution in [-0.2, 0) is 4.79 Å². The Morgan fingerprint density at radius 2 is 2.00 bits per heavy atom. The molecule has 0 aromatic heterocycles. The van der Waals surface area contributed by atoms with Gasteiger partial charge < -0.3 is 9.47 Å². The second kappa shape index (κ2) is 11.0. The normalized spacial score (nSPS) is 10.8. The van der Waals surface area contributed by atoms with Crippen LogP contribution in [-0.4, -0.2) is 25.3 Å². The largest absolute Gasteiger partial charge is 0.483 e. The number of hydrazone groups is 1. The number of hydrogen-bond donors (Lipinski definition) is 1. The molecule has 1 N–H and O–H groups in total. The molecule has 152 valence electrons. The van der Waals surface area contributed by atoms with Crippen LogP contribution in [0.25, 0.3) is 0 Å². The maximum absolute atomic E-state index is 12.1. The lowest BCUT2D eigenvalue weighted by Gasteiger charge is -2.15. The smallest absolute Gasteiger partial charge is 0.277 e. The average Bonchev–Trinajstić information content (AvgIpc) is 2.67. The zero-order chi connectivity index (χ0) is 21.4. The standard InChI is InChI=1S/C22H22Br2N2O3/c1-5-8-28-20-7-6-17(23)10-16(20)12-25-26-22(27)13-29-21-9-15(4)19(24)11-18(21)14(2)3/h1,6-7,9-12,14H,8,13H2,2-4H3,(H,26,27)/b25-12+. The second-order valence-electron chi connectivity index (χ2n) is 6.55. The Morgan fingerprint density at radius 1 is 1.24 bits per heavy atom. The highest BCUT2D eigenvalue weighted by Gasteiger charge is 2.12. The molecule has 0 atom stereocenters. The van der Waals surface area contributed by atoms with E-state index in [1.807, 2.05) is 31.2 Å². The molecular formula is C22H22Br2N2O3. The van der Waals surface area contributed by atoms with Crippen molar-refractivity contribution >= 4 is 44.0 Å². The van der Waals surface area contributed by atoms with Gasteiger partial charge in [0.15, 0.2) is 6.61 Å². The zero-order valence-electron chi connectivity index (χ0n) is 16.5. The number of nitrogens with one attached hydrogen (secondary N) is 1. The zero-order valence-corrected chi connectivity index (χ0v) is 19.6. The Kier molecular flexibility index (Phi) is 8.74. The van der Waals surface area contributed by atoms with Crippen molar-refractivity contribution in [2.75, 3.05) is 13.2 Å². The number of terminal acetylenes is 1. The number of hydrogen-bond acceptors (Lipinski definition) is 4. The van der Waals surface area contributed by atoms with Gasteiger partial charge in [0.1, 0.15) is 18.1 Å². The molecule has 1 amide bonds. The summed E-state index contributed by atoms with van der Waals surface area (Å²) in [5, 5.41) is 3.99. The fraction of sp³-hybridized carbons (Fsp3) is 0.273. The SMILES string of the molecule is C#CCOc1ccc(Br)cc1/C=N/NC(=O)COc1cc(C)c(Br)cc1C(C)C. The minimum Gasteiger partial charge on any atom is -0.483 e. The van der Waals surface area contributed by atoms with Crippen LogP contribution in [0.2, 0.25) is 0 Å². The van der Waals surface area contributed by atoms with E-state index in [9.17, 15) is 4.79 Å². The Labute approximate surface area is 188 Å². The average molecular weight is 522 g/mol. The lowest BCUT2D eigenvalue weighted by atomic mass is 10.0. The maximum Gasteiger partial charge on any atom is 0.277 e. The number of nitrogens with zero attached hydrogens (tertiary/aromatic N) is 1. The van der Waals surface area contributed by atoms with Gasteiger partial charge in [-0.1, -0.05) is 51.6 Å². The molecule has 0 heterocycles. The van der Waals surface area contributed by atoms with E-state index in [-0.39, 0.29) is 25.0 Å². The van der Waals surface area contributed by atoms with E-state index >= 15 is 0 Å². The number of carbonyl (C=O) groups is 1. The van der Waals surface area contributed by atoms with Crippen LogP contribution in [0.4, 0.5) is 0 Å². The minimum absolute atomic E-state index is 0.142. The molecule has 0 saturated carbocycles. The second-order valence-corrected chi connectivity index (χ2v) is 8.32. The van der Waals surface area contributed by atoms with Gasteiger partial charge in [0.2, 0.25) is 0 Å². The first-order valence-corrected chi connectivity index (χ1v) is 10.5. The van der Waals surface area contributed by atoms with Crippen LogP contribution in [0.15, 0.2) is 44.4 Å². The fourth-order valence-electron chi connectivity index (χ4n) is 2.47. The molecule has 2 aromatic rings.